The van der Waals surface area contributed by atoms with Crippen molar-refractivity contribution in [1.82, 2.24) is 15.1 Å². The Morgan fingerprint density at radius 3 is 2.42 bits per heavy atom. The van der Waals surface area contributed by atoms with Crippen molar-refractivity contribution in [2.24, 2.45) is 0 Å². The standard InChI is InChI=1S/C19H29N3O3S/c1-16-5-3-4-6-17(16)13-21-8-10-22(11-9-21)14-18(23)20-19(2)7-12-26(24,25)15-19/h3-6H,7-15H2,1-2H3,(H,20,23)/t19-/m1/s1. The van der Waals surface area contributed by atoms with E-state index in [0.717, 1.165) is 32.7 Å². The molecule has 7 heteroatoms. The van der Waals surface area contributed by atoms with E-state index in [0.29, 0.717) is 13.0 Å². The second-order valence-electron chi connectivity index (χ2n) is 7.93. The average molecular weight is 380 g/mol. The van der Waals surface area contributed by atoms with Crippen LogP contribution in [0.5, 0.6) is 0 Å². The molecule has 2 heterocycles. The van der Waals surface area contributed by atoms with Gasteiger partial charge in [-0.2, -0.15) is 0 Å². The number of amides is 1. The van der Waals surface area contributed by atoms with E-state index in [1.807, 2.05) is 6.92 Å². The van der Waals surface area contributed by atoms with Crippen molar-refractivity contribution in [3.05, 3.63) is 35.4 Å². The minimum atomic E-state index is -3.01. The number of nitrogens with zero attached hydrogens (tertiary/aromatic N) is 2. The number of carbonyl (C=O) groups is 1. The molecule has 0 aliphatic carbocycles. The molecule has 2 saturated heterocycles. The number of benzene rings is 1. The topological polar surface area (TPSA) is 69.7 Å². The summed E-state index contributed by atoms with van der Waals surface area (Å²) in [6.45, 7) is 8.84. The zero-order chi connectivity index (χ0) is 18.8. The third-order valence-electron chi connectivity index (χ3n) is 5.43. The third kappa shape index (κ3) is 5.05. The van der Waals surface area contributed by atoms with Crippen LogP contribution in [0, 0.1) is 6.92 Å². The smallest absolute Gasteiger partial charge is 0.234 e. The highest BCUT2D eigenvalue weighted by molar-refractivity contribution is 7.91. The molecule has 144 valence electrons. The fourth-order valence-electron chi connectivity index (χ4n) is 3.82. The Balaban J connectivity index is 1.44. The van der Waals surface area contributed by atoms with Crippen molar-refractivity contribution in [3.63, 3.8) is 0 Å². The van der Waals surface area contributed by atoms with Crippen LogP contribution in [0.25, 0.3) is 0 Å². The molecule has 26 heavy (non-hydrogen) atoms. The summed E-state index contributed by atoms with van der Waals surface area (Å²) in [5.74, 6) is 0.147. The van der Waals surface area contributed by atoms with Gasteiger partial charge in [0.2, 0.25) is 5.91 Å². The maximum atomic E-state index is 12.3. The number of hydrogen-bond donors (Lipinski definition) is 1. The summed E-state index contributed by atoms with van der Waals surface area (Å²) in [6.07, 6.45) is 0.505. The van der Waals surface area contributed by atoms with E-state index in [4.69, 9.17) is 0 Å². The van der Waals surface area contributed by atoms with Crippen molar-refractivity contribution in [3.8, 4) is 0 Å². The van der Waals surface area contributed by atoms with E-state index in [9.17, 15) is 13.2 Å². The van der Waals surface area contributed by atoms with E-state index in [-0.39, 0.29) is 17.4 Å². The van der Waals surface area contributed by atoms with Gasteiger partial charge in [-0.05, 0) is 31.4 Å². The average Bonchev–Trinajstić information content (AvgIpc) is 2.84. The maximum absolute atomic E-state index is 12.3. The molecule has 0 unspecified atom stereocenters. The molecular formula is C19H29N3O3S. The van der Waals surface area contributed by atoms with Crippen LogP contribution >= 0.6 is 0 Å². The first-order chi connectivity index (χ1) is 12.2. The molecule has 0 bridgehead atoms. The van der Waals surface area contributed by atoms with Crippen LogP contribution < -0.4 is 5.32 Å². The van der Waals surface area contributed by atoms with Gasteiger partial charge in [-0.15, -0.1) is 0 Å². The van der Waals surface area contributed by atoms with Gasteiger partial charge in [-0.3, -0.25) is 14.6 Å². The van der Waals surface area contributed by atoms with Crippen molar-refractivity contribution < 1.29 is 13.2 Å². The molecule has 1 N–H and O–H groups in total. The fourth-order valence-corrected chi connectivity index (χ4v) is 5.92. The molecule has 0 aromatic heterocycles. The molecule has 1 amide bonds. The lowest BCUT2D eigenvalue weighted by Crippen LogP contribution is -2.53. The first kappa shape index (κ1) is 19.3. The highest BCUT2D eigenvalue weighted by atomic mass is 32.2. The molecule has 0 spiro atoms. The number of aryl methyl sites for hydroxylation is 1. The summed E-state index contributed by atoms with van der Waals surface area (Å²) >= 11 is 0. The molecule has 0 saturated carbocycles. The molecule has 2 aliphatic rings. The Hall–Kier alpha value is -1.44. The van der Waals surface area contributed by atoms with Crippen molar-refractivity contribution >= 4 is 15.7 Å². The molecule has 3 rings (SSSR count). The summed E-state index contributed by atoms with van der Waals surface area (Å²) in [7, 11) is -3.01. The molecule has 2 aliphatic heterocycles. The maximum Gasteiger partial charge on any atom is 0.234 e. The Labute approximate surface area is 156 Å². The van der Waals surface area contributed by atoms with Gasteiger partial charge in [0.1, 0.15) is 0 Å². The van der Waals surface area contributed by atoms with E-state index < -0.39 is 15.4 Å². The first-order valence-electron chi connectivity index (χ1n) is 9.25. The normalized spacial score (nSPS) is 26.7. The molecule has 1 atom stereocenters. The molecule has 1 aromatic rings. The lowest BCUT2D eigenvalue weighted by molar-refractivity contribution is -0.124. The summed E-state index contributed by atoms with van der Waals surface area (Å²) in [5.41, 5.74) is 2.06. The first-order valence-corrected chi connectivity index (χ1v) is 11.1. The van der Waals surface area contributed by atoms with E-state index in [1.54, 1.807) is 0 Å². The summed E-state index contributed by atoms with van der Waals surface area (Å²) in [6, 6.07) is 8.45. The van der Waals surface area contributed by atoms with Crippen molar-refractivity contribution in [2.75, 3.05) is 44.2 Å². The second kappa shape index (κ2) is 7.66. The van der Waals surface area contributed by atoms with E-state index >= 15 is 0 Å². The predicted octanol–water partition coefficient (Wildman–Crippen LogP) is 0.806. The zero-order valence-electron chi connectivity index (χ0n) is 15.7. The van der Waals surface area contributed by atoms with Gasteiger partial charge in [0.05, 0.1) is 23.6 Å². The van der Waals surface area contributed by atoms with Gasteiger partial charge < -0.3 is 5.32 Å². The highest BCUT2D eigenvalue weighted by Crippen LogP contribution is 2.22. The number of sulfone groups is 1. The second-order valence-corrected chi connectivity index (χ2v) is 10.1. The lowest BCUT2D eigenvalue weighted by atomic mass is 10.0. The SMILES string of the molecule is Cc1ccccc1CN1CCN(CC(=O)N[C@]2(C)CCS(=O)(=O)C2)CC1. The van der Waals surface area contributed by atoms with Gasteiger partial charge in [0.15, 0.2) is 9.84 Å². The minimum absolute atomic E-state index is 0.0515. The summed E-state index contributed by atoms with van der Waals surface area (Å²) < 4.78 is 23.3. The Bertz CT molecular complexity index is 757. The zero-order valence-corrected chi connectivity index (χ0v) is 16.5. The fraction of sp³-hybridized carbons (Fsp3) is 0.632. The largest absolute Gasteiger partial charge is 0.349 e. The number of nitrogens with one attached hydrogen (secondary N) is 1. The van der Waals surface area contributed by atoms with Gasteiger partial charge in [0, 0.05) is 32.7 Å². The molecule has 6 nitrogen and oxygen atoms in total. The van der Waals surface area contributed by atoms with Crippen LogP contribution in [0.15, 0.2) is 24.3 Å². The Morgan fingerprint density at radius 1 is 1.15 bits per heavy atom. The van der Waals surface area contributed by atoms with Gasteiger partial charge in [0.25, 0.3) is 0 Å². The van der Waals surface area contributed by atoms with Gasteiger partial charge in [-0.1, -0.05) is 24.3 Å². The van der Waals surface area contributed by atoms with Crippen LogP contribution in [0.3, 0.4) is 0 Å². The predicted molar refractivity (Wildman–Crippen MR) is 103 cm³/mol. The van der Waals surface area contributed by atoms with Gasteiger partial charge in [-0.25, -0.2) is 8.42 Å². The van der Waals surface area contributed by atoms with Gasteiger partial charge >= 0.3 is 0 Å². The lowest BCUT2D eigenvalue weighted by Gasteiger charge is -2.35. The Kier molecular flexibility index (Phi) is 5.69. The highest BCUT2D eigenvalue weighted by Gasteiger charge is 2.39. The monoisotopic (exact) mass is 379 g/mol. The van der Waals surface area contributed by atoms with Crippen LogP contribution in [0.2, 0.25) is 0 Å². The molecule has 2 fully saturated rings. The van der Waals surface area contributed by atoms with Crippen LogP contribution in [0.1, 0.15) is 24.5 Å². The number of carbonyl (C=O) groups excluding carboxylic acids is 1. The minimum Gasteiger partial charge on any atom is -0.349 e. The summed E-state index contributed by atoms with van der Waals surface area (Å²) in [5, 5.41) is 2.94. The van der Waals surface area contributed by atoms with Crippen molar-refractivity contribution in [1.29, 1.82) is 0 Å². The van der Waals surface area contributed by atoms with Crippen LogP contribution in [0.4, 0.5) is 0 Å². The third-order valence-corrected chi connectivity index (χ3v) is 7.33. The Morgan fingerprint density at radius 2 is 1.81 bits per heavy atom. The quantitative estimate of drug-likeness (QED) is 0.820. The molecule has 0 radical (unpaired) electrons. The number of piperazine rings is 1. The molecular weight excluding hydrogens is 350 g/mol. The summed E-state index contributed by atoms with van der Waals surface area (Å²) in [4.78, 5) is 16.9. The number of rotatable bonds is 5. The van der Waals surface area contributed by atoms with E-state index in [2.05, 4.69) is 46.3 Å². The van der Waals surface area contributed by atoms with Crippen LogP contribution in [-0.2, 0) is 21.2 Å². The van der Waals surface area contributed by atoms with Crippen LogP contribution in [-0.4, -0.2) is 73.9 Å². The van der Waals surface area contributed by atoms with E-state index in [1.165, 1.54) is 11.1 Å². The number of hydrogen-bond acceptors (Lipinski definition) is 5. The molecule has 1 aromatic carbocycles. The van der Waals surface area contributed by atoms with Crippen molar-refractivity contribution in [2.45, 2.75) is 32.4 Å².